The molecule has 3 aromatic rings. The molecule has 1 amide bonds. The van der Waals surface area contributed by atoms with Crippen LogP contribution in [0.15, 0.2) is 52.1 Å². The van der Waals surface area contributed by atoms with Gasteiger partial charge in [-0.15, -0.1) is 0 Å². The van der Waals surface area contributed by atoms with Crippen molar-refractivity contribution in [3.63, 3.8) is 0 Å². The van der Waals surface area contributed by atoms with E-state index in [9.17, 15) is 9.59 Å². The Morgan fingerprint density at radius 1 is 1.29 bits per heavy atom. The molecule has 0 aliphatic carbocycles. The topological polar surface area (TPSA) is 79.2 Å². The van der Waals surface area contributed by atoms with Gasteiger partial charge in [0.25, 0.3) is 11.5 Å². The Kier molecular flexibility index (Phi) is 3.27. The van der Waals surface area contributed by atoms with Crippen molar-refractivity contribution in [2.45, 2.75) is 6.54 Å². The predicted molar refractivity (Wildman–Crippen MR) is 76.9 cm³/mol. The number of nitrogens with zero attached hydrogens (tertiary/aromatic N) is 2. The number of H-pyrrole nitrogens is 1. The van der Waals surface area contributed by atoms with Crippen LogP contribution < -0.4 is 5.56 Å². The normalized spacial score (nSPS) is 10.7. The number of benzene rings is 1. The van der Waals surface area contributed by atoms with Crippen LogP contribution in [-0.2, 0) is 6.54 Å². The minimum absolute atomic E-state index is 0.233. The van der Waals surface area contributed by atoms with Gasteiger partial charge in [0.05, 0.1) is 17.9 Å². The summed E-state index contributed by atoms with van der Waals surface area (Å²) in [4.78, 5) is 25.8. The quantitative estimate of drug-likeness (QED) is 0.794. The van der Waals surface area contributed by atoms with E-state index in [1.807, 2.05) is 0 Å². The van der Waals surface area contributed by atoms with Gasteiger partial charge in [0, 0.05) is 24.5 Å². The van der Waals surface area contributed by atoms with Gasteiger partial charge in [0.2, 0.25) is 0 Å². The second-order valence-corrected chi connectivity index (χ2v) is 4.74. The van der Waals surface area contributed by atoms with E-state index in [2.05, 4.69) is 10.2 Å². The molecule has 106 valence electrons. The summed E-state index contributed by atoms with van der Waals surface area (Å²) in [6.45, 7) is 0.407. The average molecular weight is 283 g/mol. The summed E-state index contributed by atoms with van der Waals surface area (Å²) in [6, 6.07) is 8.71. The molecule has 0 fully saturated rings. The molecule has 2 aromatic heterocycles. The summed E-state index contributed by atoms with van der Waals surface area (Å²) in [6.07, 6.45) is 3.14. The number of hydrogen-bond acceptors (Lipinski definition) is 4. The molecule has 0 unspecified atom stereocenters. The third-order valence-corrected chi connectivity index (χ3v) is 3.25. The molecule has 2 heterocycles. The van der Waals surface area contributed by atoms with E-state index >= 15 is 0 Å². The molecule has 21 heavy (non-hydrogen) atoms. The number of fused-ring (bicyclic) bond motifs is 1. The molecule has 1 N–H and O–H groups in total. The molecule has 0 aliphatic heterocycles. The first-order valence-electron chi connectivity index (χ1n) is 6.41. The van der Waals surface area contributed by atoms with Gasteiger partial charge in [-0.1, -0.05) is 18.2 Å². The number of nitrogens with one attached hydrogen (secondary N) is 1. The first-order valence-corrected chi connectivity index (χ1v) is 6.41. The molecule has 0 radical (unpaired) electrons. The number of hydrogen-bond donors (Lipinski definition) is 1. The third-order valence-electron chi connectivity index (χ3n) is 3.25. The van der Waals surface area contributed by atoms with Gasteiger partial charge < -0.3 is 9.32 Å². The molecule has 6 nitrogen and oxygen atoms in total. The SMILES string of the molecule is CN(Cc1ccoc1)C(=O)c1n[nH]c(=O)c2ccccc12. The van der Waals surface area contributed by atoms with E-state index in [1.54, 1.807) is 49.9 Å². The van der Waals surface area contributed by atoms with Gasteiger partial charge in [-0.3, -0.25) is 9.59 Å². The molecule has 1 aromatic carbocycles. The second kappa shape index (κ2) is 5.24. The van der Waals surface area contributed by atoms with Crippen molar-refractivity contribution in [1.82, 2.24) is 15.1 Å². The summed E-state index contributed by atoms with van der Waals surface area (Å²) in [7, 11) is 1.68. The number of furan rings is 1. The van der Waals surface area contributed by atoms with Gasteiger partial charge in [0.1, 0.15) is 0 Å². The van der Waals surface area contributed by atoms with Crippen LogP contribution in [0.4, 0.5) is 0 Å². The summed E-state index contributed by atoms with van der Waals surface area (Å²) in [5.74, 6) is -0.261. The fraction of sp³-hybridized carbons (Fsp3) is 0.133. The molecule has 0 aliphatic rings. The van der Waals surface area contributed by atoms with E-state index in [1.165, 1.54) is 4.90 Å². The van der Waals surface area contributed by atoms with E-state index in [0.29, 0.717) is 17.3 Å². The predicted octanol–water partition coefficient (Wildman–Crippen LogP) is 1.79. The fourth-order valence-corrected chi connectivity index (χ4v) is 2.19. The summed E-state index contributed by atoms with van der Waals surface area (Å²) < 4.78 is 4.99. The number of aromatic nitrogens is 2. The van der Waals surface area contributed by atoms with Crippen LogP contribution in [0, 0.1) is 0 Å². The zero-order chi connectivity index (χ0) is 14.8. The van der Waals surface area contributed by atoms with Crippen LogP contribution >= 0.6 is 0 Å². The highest BCUT2D eigenvalue weighted by molar-refractivity contribution is 6.04. The lowest BCUT2D eigenvalue weighted by atomic mass is 10.1. The Bertz CT molecular complexity index is 837. The van der Waals surface area contributed by atoms with Crippen LogP contribution in [-0.4, -0.2) is 28.1 Å². The Balaban J connectivity index is 1.98. The second-order valence-electron chi connectivity index (χ2n) is 4.74. The van der Waals surface area contributed by atoms with Crippen LogP contribution in [0.2, 0.25) is 0 Å². The van der Waals surface area contributed by atoms with Gasteiger partial charge in [0.15, 0.2) is 5.69 Å². The Hall–Kier alpha value is -2.89. The lowest BCUT2D eigenvalue weighted by Crippen LogP contribution is -2.28. The van der Waals surface area contributed by atoms with Gasteiger partial charge in [-0.2, -0.15) is 5.10 Å². The zero-order valence-corrected chi connectivity index (χ0v) is 11.4. The number of aromatic amines is 1. The smallest absolute Gasteiger partial charge is 0.274 e. The Labute approximate surface area is 120 Å². The highest BCUT2D eigenvalue weighted by Crippen LogP contribution is 2.15. The molecule has 0 saturated carbocycles. The van der Waals surface area contributed by atoms with E-state index < -0.39 is 0 Å². The monoisotopic (exact) mass is 283 g/mol. The number of rotatable bonds is 3. The van der Waals surface area contributed by atoms with Crippen LogP contribution in [0.3, 0.4) is 0 Å². The molecule has 6 heteroatoms. The van der Waals surface area contributed by atoms with Crippen molar-refractivity contribution in [1.29, 1.82) is 0 Å². The molecular weight excluding hydrogens is 270 g/mol. The zero-order valence-electron chi connectivity index (χ0n) is 11.4. The van der Waals surface area contributed by atoms with Crippen molar-refractivity contribution in [2.75, 3.05) is 7.05 Å². The van der Waals surface area contributed by atoms with E-state index in [4.69, 9.17) is 4.42 Å². The molecule has 3 rings (SSSR count). The lowest BCUT2D eigenvalue weighted by molar-refractivity contribution is 0.0780. The highest BCUT2D eigenvalue weighted by Gasteiger charge is 2.18. The number of carbonyl (C=O) groups is 1. The standard InChI is InChI=1S/C15H13N3O3/c1-18(8-10-6-7-21-9-10)15(20)13-11-4-2-3-5-12(11)14(19)17-16-13/h2-7,9H,8H2,1H3,(H,17,19). The third kappa shape index (κ3) is 2.43. The van der Waals surface area contributed by atoms with Crippen LogP contribution in [0.25, 0.3) is 10.8 Å². The lowest BCUT2D eigenvalue weighted by Gasteiger charge is -2.16. The van der Waals surface area contributed by atoms with Gasteiger partial charge in [-0.25, -0.2) is 5.10 Å². The minimum Gasteiger partial charge on any atom is -0.472 e. The Morgan fingerprint density at radius 2 is 2.05 bits per heavy atom. The molecule has 0 spiro atoms. The first kappa shape index (κ1) is 13.1. The molecule has 0 atom stereocenters. The summed E-state index contributed by atoms with van der Waals surface area (Å²) in [5.41, 5.74) is 0.815. The minimum atomic E-state index is -0.306. The number of carbonyl (C=O) groups excluding carboxylic acids is 1. The average Bonchev–Trinajstić information content (AvgIpc) is 3.00. The summed E-state index contributed by atoms with van der Waals surface area (Å²) >= 11 is 0. The van der Waals surface area contributed by atoms with Crippen molar-refractivity contribution >= 4 is 16.7 Å². The fourth-order valence-electron chi connectivity index (χ4n) is 2.19. The largest absolute Gasteiger partial charge is 0.472 e. The van der Waals surface area contributed by atoms with Gasteiger partial charge in [-0.05, 0) is 12.1 Å². The van der Waals surface area contributed by atoms with Crippen molar-refractivity contribution in [2.24, 2.45) is 0 Å². The van der Waals surface area contributed by atoms with Crippen LogP contribution in [0.5, 0.6) is 0 Å². The first-order chi connectivity index (χ1) is 10.2. The molecule has 0 bridgehead atoms. The molecule has 0 saturated heterocycles. The maximum Gasteiger partial charge on any atom is 0.274 e. The highest BCUT2D eigenvalue weighted by atomic mass is 16.3. The maximum absolute atomic E-state index is 12.5. The van der Waals surface area contributed by atoms with Crippen molar-refractivity contribution < 1.29 is 9.21 Å². The number of amides is 1. The van der Waals surface area contributed by atoms with Crippen molar-refractivity contribution in [3.05, 3.63) is 64.5 Å². The summed E-state index contributed by atoms with van der Waals surface area (Å²) in [5, 5.41) is 7.27. The van der Waals surface area contributed by atoms with Crippen molar-refractivity contribution in [3.8, 4) is 0 Å². The van der Waals surface area contributed by atoms with Gasteiger partial charge >= 0.3 is 0 Å². The Morgan fingerprint density at radius 3 is 2.76 bits per heavy atom. The maximum atomic E-state index is 12.5. The van der Waals surface area contributed by atoms with Crippen LogP contribution in [0.1, 0.15) is 16.1 Å². The molecular formula is C15H13N3O3. The van der Waals surface area contributed by atoms with E-state index in [0.717, 1.165) is 5.56 Å². The van der Waals surface area contributed by atoms with E-state index in [-0.39, 0.29) is 17.2 Å².